The van der Waals surface area contributed by atoms with E-state index in [2.05, 4.69) is 5.10 Å². The van der Waals surface area contributed by atoms with E-state index in [0.29, 0.717) is 18.6 Å². The summed E-state index contributed by atoms with van der Waals surface area (Å²) in [6.45, 7) is 7.39. The Bertz CT molecular complexity index is 424. The molecule has 0 saturated carbocycles. The number of hydrogen-bond donors (Lipinski definition) is 1. The monoisotopic (exact) mass is 254 g/mol. The lowest BCUT2D eigenvalue weighted by molar-refractivity contribution is -0.160. The zero-order valence-corrected chi connectivity index (χ0v) is 11.7. The van der Waals surface area contributed by atoms with Gasteiger partial charge in [-0.2, -0.15) is 5.10 Å². The van der Waals surface area contributed by atoms with Gasteiger partial charge in [-0.05, 0) is 27.2 Å². The normalized spacial score (nSPS) is 13.4. The highest BCUT2D eigenvalue weighted by molar-refractivity contribution is 5.77. The van der Waals surface area contributed by atoms with E-state index in [1.165, 1.54) is 0 Å². The van der Waals surface area contributed by atoms with Crippen molar-refractivity contribution < 1.29 is 14.6 Å². The molecule has 0 radical (unpaired) electrons. The van der Waals surface area contributed by atoms with Crippen LogP contribution in [0.4, 0.5) is 0 Å². The summed E-state index contributed by atoms with van der Waals surface area (Å²) in [7, 11) is 1.80. The fraction of sp³-hybridized carbons (Fsp3) is 0.692. The lowest BCUT2D eigenvalue weighted by atomic mass is 9.82. The van der Waals surface area contributed by atoms with Crippen LogP contribution in [0.5, 0.6) is 0 Å². The fourth-order valence-electron chi connectivity index (χ4n) is 1.87. The van der Waals surface area contributed by atoms with Gasteiger partial charge in [-0.1, -0.05) is 6.92 Å². The van der Waals surface area contributed by atoms with Crippen molar-refractivity contribution in [3.63, 3.8) is 0 Å². The second kappa shape index (κ2) is 5.52. The highest BCUT2D eigenvalue weighted by atomic mass is 16.5. The third-order valence-electron chi connectivity index (χ3n) is 3.05. The largest absolute Gasteiger partial charge is 0.465 e. The average molecular weight is 254 g/mol. The van der Waals surface area contributed by atoms with Crippen LogP contribution in [0.1, 0.15) is 45.1 Å². The summed E-state index contributed by atoms with van der Waals surface area (Å²) in [6.07, 6.45) is 1.55. The Balaban J connectivity index is 3.04. The number of aliphatic hydroxyl groups excluding tert-OH is 1. The first kappa shape index (κ1) is 14.7. The maximum Gasteiger partial charge on any atom is 0.314 e. The number of esters is 1. The number of aryl methyl sites for hydroxylation is 2. The van der Waals surface area contributed by atoms with Crippen LogP contribution < -0.4 is 0 Å². The van der Waals surface area contributed by atoms with Crippen molar-refractivity contribution in [1.29, 1.82) is 0 Å². The highest BCUT2D eigenvalue weighted by Gasteiger charge is 2.39. The van der Waals surface area contributed by atoms with Crippen LogP contribution in [0.3, 0.4) is 0 Å². The Morgan fingerprint density at radius 2 is 2.17 bits per heavy atom. The van der Waals surface area contributed by atoms with Gasteiger partial charge in [0.25, 0.3) is 0 Å². The fourth-order valence-corrected chi connectivity index (χ4v) is 1.87. The van der Waals surface area contributed by atoms with E-state index >= 15 is 0 Å². The molecule has 1 rings (SSSR count). The molecule has 0 aromatic carbocycles. The zero-order valence-electron chi connectivity index (χ0n) is 11.7. The average Bonchev–Trinajstić information content (AvgIpc) is 2.69. The molecule has 0 aliphatic carbocycles. The number of aromatic nitrogens is 2. The van der Waals surface area contributed by atoms with E-state index in [1.807, 2.05) is 6.92 Å². The van der Waals surface area contributed by atoms with E-state index in [4.69, 9.17) is 4.74 Å². The van der Waals surface area contributed by atoms with Crippen molar-refractivity contribution in [2.45, 2.75) is 40.2 Å². The van der Waals surface area contributed by atoms with Gasteiger partial charge in [0.05, 0.1) is 23.8 Å². The Hall–Kier alpha value is -1.36. The van der Waals surface area contributed by atoms with Gasteiger partial charge in [0, 0.05) is 18.8 Å². The second-order valence-electron chi connectivity index (χ2n) is 4.90. The Kier molecular flexibility index (Phi) is 4.51. The summed E-state index contributed by atoms with van der Waals surface area (Å²) < 4.78 is 6.65. The van der Waals surface area contributed by atoms with Crippen molar-refractivity contribution >= 4 is 5.97 Å². The molecule has 1 aromatic rings. The molecule has 102 valence electrons. The topological polar surface area (TPSA) is 64.3 Å². The smallest absolute Gasteiger partial charge is 0.314 e. The molecule has 1 unspecified atom stereocenters. The molecule has 1 N–H and O–H groups in total. The van der Waals surface area contributed by atoms with Crippen LogP contribution in [-0.4, -0.2) is 27.5 Å². The molecule has 18 heavy (non-hydrogen) atoms. The van der Waals surface area contributed by atoms with E-state index in [-0.39, 0.29) is 0 Å². The van der Waals surface area contributed by atoms with E-state index in [0.717, 1.165) is 5.69 Å². The standard InChI is InChI=1S/C13H22N2O3/c1-6-10-9(8-15(5)14-10)11(16)13(3,4)12(17)18-7-2/h8,11,16H,6-7H2,1-5H3. The molecule has 1 atom stereocenters. The minimum atomic E-state index is -0.983. The highest BCUT2D eigenvalue weighted by Crippen LogP contribution is 2.35. The molecule has 1 aromatic heterocycles. The molecule has 0 bridgehead atoms. The first-order valence-corrected chi connectivity index (χ1v) is 6.22. The van der Waals surface area contributed by atoms with Crippen LogP contribution in [0, 0.1) is 5.41 Å². The van der Waals surface area contributed by atoms with Crippen LogP contribution in [0.25, 0.3) is 0 Å². The predicted molar refractivity (Wildman–Crippen MR) is 68.0 cm³/mol. The number of ether oxygens (including phenoxy) is 1. The third-order valence-corrected chi connectivity index (χ3v) is 3.05. The lowest BCUT2D eigenvalue weighted by Crippen LogP contribution is -2.33. The molecule has 5 nitrogen and oxygen atoms in total. The van der Waals surface area contributed by atoms with E-state index in [1.54, 1.807) is 38.7 Å². The van der Waals surface area contributed by atoms with Crippen molar-refractivity contribution in [1.82, 2.24) is 9.78 Å². The number of rotatable bonds is 5. The van der Waals surface area contributed by atoms with Crippen LogP contribution in [-0.2, 0) is 23.0 Å². The molecule has 0 aliphatic rings. The first-order valence-electron chi connectivity index (χ1n) is 6.22. The van der Waals surface area contributed by atoms with Gasteiger partial charge in [0.2, 0.25) is 0 Å². The lowest BCUT2D eigenvalue weighted by Gasteiger charge is -2.28. The molecule has 0 spiro atoms. The molecular weight excluding hydrogens is 232 g/mol. The molecular formula is C13H22N2O3. The van der Waals surface area contributed by atoms with Gasteiger partial charge in [0.15, 0.2) is 0 Å². The minimum absolute atomic E-state index is 0.308. The van der Waals surface area contributed by atoms with E-state index in [9.17, 15) is 9.90 Å². The zero-order chi connectivity index (χ0) is 13.9. The Labute approximate surface area is 108 Å². The summed E-state index contributed by atoms with van der Waals surface area (Å²) >= 11 is 0. The van der Waals surface area contributed by atoms with E-state index < -0.39 is 17.5 Å². The molecule has 0 aliphatic heterocycles. The van der Waals surface area contributed by atoms with Gasteiger partial charge in [-0.3, -0.25) is 9.48 Å². The maximum absolute atomic E-state index is 11.9. The maximum atomic E-state index is 11.9. The van der Waals surface area contributed by atoms with Crippen LogP contribution >= 0.6 is 0 Å². The minimum Gasteiger partial charge on any atom is -0.465 e. The van der Waals surface area contributed by atoms with Crippen molar-refractivity contribution in [3.8, 4) is 0 Å². The van der Waals surface area contributed by atoms with Crippen LogP contribution in [0.2, 0.25) is 0 Å². The number of carbonyl (C=O) groups is 1. The predicted octanol–water partition coefficient (Wildman–Crippen LogP) is 1.61. The quantitative estimate of drug-likeness (QED) is 0.811. The summed E-state index contributed by atoms with van der Waals surface area (Å²) in [5, 5.41) is 14.7. The Morgan fingerprint density at radius 1 is 1.56 bits per heavy atom. The summed E-state index contributed by atoms with van der Waals surface area (Å²) in [6, 6.07) is 0. The number of aliphatic hydroxyl groups is 1. The summed E-state index contributed by atoms with van der Waals surface area (Å²) in [5.74, 6) is -0.400. The van der Waals surface area contributed by atoms with Gasteiger partial charge in [-0.15, -0.1) is 0 Å². The number of nitrogens with zero attached hydrogens (tertiary/aromatic N) is 2. The summed E-state index contributed by atoms with van der Waals surface area (Å²) in [5.41, 5.74) is 0.517. The SMILES string of the molecule is CCOC(=O)C(C)(C)C(O)c1cn(C)nc1CC. The molecule has 0 amide bonds. The van der Waals surface area contributed by atoms with Gasteiger partial charge >= 0.3 is 5.97 Å². The van der Waals surface area contributed by atoms with Crippen molar-refractivity contribution in [2.75, 3.05) is 6.61 Å². The third kappa shape index (κ3) is 2.72. The molecule has 0 saturated heterocycles. The van der Waals surface area contributed by atoms with Crippen molar-refractivity contribution in [3.05, 3.63) is 17.5 Å². The van der Waals surface area contributed by atoms with Gasteiger partial charge in [-0.25, -0.2) is 0 Å². The molecule has 0 fully saturated rings. The van der Waals surface area contributed by atoms with Crippen molar-refractivity contribution in [2.24, 2.45) is 12.5 Å². The van der Waals surface area contributed by atoms with Gasteiger partial charge < -0.3 is 9.84 Å². The molecule has 5 heteroatoms. The number of hydrogen-bond acceptors (Lipinski definition) is 4. The number of carbonyl (C=O) groups excluding carboxylic acids is 1. The summed E-state index contributed by atoms with van der Waals surface area (Å²) in [4.78, 5) is 11.9. The Morgan fingerprint density at radius 3 is 2.67 bits per heavy atom. The second-order valence-corrected chi connectivity index (χ2v) is 4.90. The molecule has 1 heterocycles. The van der Waals surface area contributed by atoms with Crippen LogP contribution in [0.15, 0.2) is 6.20 Å². The first-order chi connectivity index (χ1) is 8.34. The van der Waals surface area contributed by atoms with Gasteiger partial charge in [0.1, 0.15) is 0 Å².